The van der Waals surface area contributed by atoms with Crippen LogP contribution in [0.3, 0.4) is 0 Å². The summed E-state index contributed by atoms with van der Waals surface area (Å²) in [4.78, 5) is 24.1. The lowest BCUT2D eigenvalue weighted by atomic mass is 10.2. The van der Waals surface area contributed by atoms with E-state index in [2.05, 4.69) is 0 Å². The second-order valence-corrected chi connectivity index (χ2v) is 8.60. The molecule has 0 saturated carbocycles. The fraction of sp³-hybridized carbons (Fsp3) is 0.857. The van der Waals surface area contributed by atoms with Crippen LogP contribution in [-0.4, -0.2) is 50.1 Å². The highest BCUT2D eigenvalue weighted by Crippen LogP contribution is 2.51. The van der Waals surface area contributed by atoms with Crippen molar-refractivity contribution in [2.45, 2.75) is 53.8 Å². The maximum Gasteiger partial charge on any atom is 0.438 e. The van der Waals surface area contributed by atoms with E-state index >= 15 is 0 Å². The van der Waals surface area contributed by atoms with Crippen LogP contribution in [0.2, 0.25) is 0 Å². The van der Waals surface area contributed by atoms with Gasteiger partial charge in [0.1, 0.15) is 12.2 Å². The summed E-state index contributed by atoms with van der Waals surface area (Å²) in [7, 11) is -8.20. The molecular weight excluding hydrogens is 390 g/mol. The molecule has 0 N–H and O–H groups in total. The second kappa shape index (κ2) is 11.8. The van der Waals surface area contributed by atoms with E-state index in [1.807, 2.05) is 0 Å². The molecule has 0 aromatic carbocycles. The monoisotopic (exact) mass is 418 g/mol. The zero-order valence-corrected chi connectivity index (χ0v) is 17.7. The molecule has 12 heteroatoms. The predicted molar refractivity (Wildman–Crippen MR) is 93.6 cm³/mol. The Kier molecular flexibility index (Phi) is 11.5. The summed E-state index contributed by atoms with van der Waals surface area (Å²) in [6, 6.07) is 0. The normalized spacial score (nSPS) is 14.5. The zero-order chi connectivity index (χ0) is 20.4. The van der Waals surface area contributed by atoms with Crippen LogP contribution in [0.4, 0.5) is 9.59 Å². The SMILES string of the molecule is CCOP(=O)(OCC)C(=O)OC(C)C(C)OC(=O)P(=O)(OCC)OCC. The van der Waals surface area contributed by atoms with Crippen molar-refractivity contribution in [3.8, 4) is 0 Å². The van der Waals surface area contributed by atoms with E-state index in [0.29, 0.717) is 0 Å². The van der Waals surface area contributed by atoms with Crippen molar-refractivity contribution in [2.24, 2.45) is 0 Å². The Hall–Kier alpha value is -0.760. The lowest BCUT2D eigenvalue weighted by Gasteiger charge is -2.24. The fourth-order valence-electron chi connectivity index (χ4n) is 1.60. The number of carbonyl (C=O) groups excluding carboxylic acids is 2. The van der Waals surface area contributed by atoms with E-state index < -0.39 is 38.8 Å². The van der Waals surface area contributed by atoms with E-state index in [9.17, 15) is 18.7 Å². The smallest absolute Gasteiger partial charge is 0.438 e. The number of ether oxygens (including phenoxy) is 2. The summed E-state index contributed by atoms with van der Waals surface area (Å²) in [6.45, 7) is 8.94. The lowest BCUT2D eigenvalue weighted by molar-refractivity contribution is 0.0196. The number of rotatable bonds is 13. The Morgan fingerprint density at radius 1 is 0.654 bits per heavy atom. The predicted octanol–water partition coefficient (Wildman–Crippen LogP) is 4.57. The molecule has 2 atom stereocenters. The molecule has 10 nitrogen and oxygen atoms in total. The molecule has 0 aromatic rings. The van der Waals surface area contributed by atoms with Gasteiger partial charge >= 0.3 is 26.6 Å². The molecule has 0 bridgehead atoms. The Bertz CT molecular complexity index is 482. The number of carbonyl (C=O) groups is 2. The molecule has 0 saturated heterocycles. The van der Waals surface area contributed by atoms with Crippen molar-refractivity contribution in [2.75, 3.05) is 26.4 Å². The van der Waals surface area contributed by atoms with E-state index in [-0.39, 0.29) is 26.4 Å². The molecular formula is C14H28O10P2. The molecule has 0 fully saturated rings. The van der Waals surface area contributed by atoms with Crippen molar-refractivity contribution >= 4 is 26.6 Å². The van der Waals surface area contributed by atoms with Crippen LogP contribution in [0.15, 0.2) is 0 Å². The first-order valence-electron chi connectivity index (χ1n) is 8.30. The summed E-state index contributed by atoms with van der Waals surface area (Å²) in [6.07, 6.45) is -2.03. The maximum atomic E-state index is 12.3. The highest BCUT2D eigenvalue weighted by Gasteiger charge is 2.41. The zero-order valence-electron chi connectivity index (χ0n) is 16.0. The van der Waals surface area contributed by atoms with Gasteiger partial charge in [-0.15, -0.1) is 0 Å². The van der Waals surface area contributed by atoms with Gasteiger partial charge in [0.2, 0.25) is 0 Å². The fourth-order valence-corrected chi connectivity index (χ4v) is 4.13. The standard InChI is InChI=1S/C14H28O10P2/c1-7-19-25(17,20-8-2)13(15)23-11(5)12(6)24-14(16)26(18,21-9-3)22-10-4/h11-12H,7-10H2,1-6H3. The van der Waals surface area contributed by atoms with Gasteiger partial charge in [0, 0.05) is 0 Å². The van der Waals surface area contributed by atoms with E-state index in [1.165, 1.54) is 13.8 Å². The minimum atomic E-state index is -4.10. The van der Waals surface area contributed by atoms with Crippen molar-refractivity contribution in [3.05, 3.63) is 0 Å². The minimum absolute atomic E-state index is 0.0167. The largest absolute Gasteiger partial charge is 0.450 e. The maximum absolute atomic E-state index is 12.3. The average molecular weight is 418 g/mol. The Morgan fingerprint density at radius 3 is 1.08 bits per heavy atom. The van der Waals surface area contributed by atoms with Gasteiger partial charge in [-0.25, -0.2) is 18.7 Å². The highest BCUT2D eigenvalue weighted by atomic mass is 31.2. The molecule has 0 spiro atoms. The Balaban J connectivity index is 4.97. The minimum Gasteiger partial charge on any atom is -0.450 e. The summed E-state index contributed by atoms with van der Waals surface area (Å²) in [5, 5.41) is 0. The lowest BCUT2D eigenvalue weighted by Crippen LogP contribution is -2.30. The van der Waals surface area contributed by atoms with Crippen LogP contribution >= 0.6 is 15.2 Å². The van der Waals surface area contributed by atoms with Crippen LogP contribution in [0.25, 0.3) is 0 Å². The molecule has 2 unspecified atom stereocenters. The molecule has 0 radical (unpaired) electrons. The summed E-state index contributed by atoms with van der Waals surface area (Å²) < 4.78 is 54.2. The first kappa shape index (κ1) is 25.2. The third kappa shape index (κ3) is 7.47. The summed E-state index contributed by atoms with van der Waals surface area (Å²) in [5.41, 5.74) is -2.40. The van der Waals surface area contributed by atoms with Gasteiger partial charge in [-0.2, -0.15) is 0 Å². The van der Waals surface area contributed by atoms with Crippen LogP contribution in [0.1, 0.15) is 41.5 Å². The highest BCUT2D eigenvalue weighted by molar-refractivity contribution is 7.71. The molecule has 0 rings (SSSR count). The Labute approximate surface area is 153 Å². The van der Waals surface area contributed by atoms with Crippen molar-refractivity contribution in [1.29, 1.82) is 0 Å². The molecule has 0 aliphatic rings. The third-order valence-electron chi connectivity index (χ3n) is 2.88. The Morgan fingerprint density at radius 2 is 0.885 bits per heavy atom. The van der Waals surface area contributed by atoms with Gasteiger partial charge in [0.05, 0.1) is 26.4 Å². The average Bonchev–Trinajstić information content (AvgIpc) is 2.55. The van der Waals surface area contributed by atoms with Gasteiger partial charge in [0.15, 0.2) is 0 Å². The van der Waals surface area contributed by atoms with Gasteiger partial charge in [-0.3, -0.25) is 0 Å². The van der Waals surface area contributed by atoms with Crippen molar-refractivity contribution < 1.29 is 46.3 Å². The second-order valence-electron chi connectivity index (χ2n) is 4.84. The van der Waals surface area contributed by atoms with Gasteiger partial charge < -0.3 is 27.6 Å². The third-order valence-corrected chi connectivity index (χ3v) is 6.38. The van der Waals surface area contributed by atoms with Crippen LogP contribution in [-0.2, 0) is 36.7 Å². The quantitative estimate of drug-likeness (QED) is 0.393. The van der Waals surface area contributed by atoms with Gasteiger partial charge in [-0.1, -0.05) is 0 Å². The van der Waals surface area contributed by atoms with E-state index in [4.69, 9.17) is 27.6 Å². The molecule has 0 aromatic heterocycles. The van der Waals surface area contributed by atoms with Crippen LogP contribution < -0.4 is 0 Å². The topological polar surface area (TPSA) is 124 Å². The van der Waals surface area contributed by atoms with Crippen molar-refractivity contribution in [1.82, 2.24) is 0 Å². The van der Waals surface area contributed by atoms with Crippen molar-refractivity contribution in [3.63, 3.8) is 0 Å². The van der Waals surface area contributed by atoms with E-state index in [0.717, 1.165) is 0 Å². The molecule has 26 heavy (non-hydrogen) atoms. The molecule has 0 aliphatic heterocycles. The number of hydrogen-bond acceptors (Lipinski definition) is 10. The van der Waals surface area contributed by atoms with Crippen LogP contribution in [0, 0.1) is 0 Å². The van der Waals surface area contributed by atoms with Gasteiger partial charge in [-0.05, 0) is 41.5 Å². The first-order chi connectivity index (χ1) is 12.1. The van der Waals surface area contributed by atoms with Gasteiger partial charge in [0.25, 0.3) is 0 Å². The molecule has 0 aliphatic carbocycles. The molecule has 0 heterocycles. The molecule has 154 valence electrons. The van der Waals surface area contributed by atoms with E-state index in [1.54, 1.807) is 27.7 Å². The summed E-state index contributed by atoms with van der Waals surface area (Å²) >= 11 is 0. The number of hydrogen-bond donors (Lipinski definition) is 0. The summed E-state index contributed by atoms with van der Waals surface area (Å²) in [5.74, 6) is 0. The van der Waals surface area contributed by atoms with Crippen LogP contribution in [0.5, 0.6) is 0 Å². The molecule has 0 amide bonds. The first-order valence-corrected chi connectivity index (χ1v) is 11.4.